The molecule has 1 fully saturated rings. The van der Waals surface area contributed by atoms with Gasteiger partial charge in [-0.15, -0.1) is 0 Å². The molecule has 0 radical (unpaired) electrons. The molecule has 6 nitrogen and oxygen atoms in total. The molecule has 136 valence electrons. The summed E-state index contributed by atoms with van der Waals surface area (Å²) in [4.78, 5) is 9.27. The first-order valence-electron chi connectivity index (χ1n) is 8.90. The standard InChI is InChI=1S/C19H27N3O3/c1-3-24-13-12-21-8-10-22(11-9-21)15-19-20-14-18(25-19)16-4-6-17(23-2)7-5-16/h4-7,14H,3,8-13,15H2,1-2H3. The first kappa shape index (κ1) is 17.9. The van der Waals surface area contributed by atoms with Crippen LogP contribution in [0.5, 0.6) is 5.75 Å². The zero-order valence-corrected chi connectivity index (χ0v) is 15.1. The molecule has 0 atom stereocenters. The lowest BCUT2D eigenvalue weighted by molar-refractivity contribution is 0.0758. The number of benzene rings is 1. The number of hydrogen-bond acceptors (Lipinski definition) is 6. The molecule has 0 aliphatic carbocycles. The molecule has 2 heterocycles. The van der Waals surface area contributed by atoms with Gasteiger partial charge < -0.3 is 13.9 Å². The highest BCUT2D eigenvalue weighted by Gasteiger charge is 2.18. The number of aromatic nitrogens is 1. The van der Waals surface area contributed by atoms with Crippen molar-refractivity contribution in [3.8, 4) is 17.1 Å². The highest BCUT2D eigenvalue weighted by molar-refractivity contribution is 5.57. The molecule has 1 aliphatic heterocycles. The van der Waals surface area contributed by atoms with Gasteiger partial charge in [-0.1, -0.05) is 0 Å². The molecule has 0 amide bonds. The molecule has 1 aliphatic rings. The maximum absolute atomic E-state index is 5.93. The van der Waals surface area contributed by atoms with Crippen LogP contribution in [0.25, 0.3) is 11.3 Å². The van der Waals surface area contributed by atoms with Crippen molar-refractivity contribution in [3.63, 3.8) is 0 Å². The molecule has 0 unspecified atom stereocenters. The summed E-state index contributed by atoms with van der Waals surface area (Å²) >= 11 is 0. The van der Waals surface area contributed by atoms with Gasteiger partial charge in [0.2, 0.25) is 5.89 Å². The van der Waals surface area contributed by atoms with Gasteiger partial charge in [0.05, 0.1) is 26.5 Å². The van der Waals surface area contributed by atoms with Gasteiger partial charge in [0.1, 0.15) is 5.75 Å². The second-order valence-corrected chi connectivity index (χ2v) is 6.16. The van der Waals surface area contributed by atoms with Gasteiger partial charge in [0.15, 0.2) is 5.76 Å². The van der Waals surface area contributed by atoms with Crippen LogP contribution in [-0.4, -0.2) is 67.8 Å². The second-order valence-electron chi connectivity index (χ2n) is 6.16. The van der Waals surface area contributed by atoms with Crippen molar-refractivity contribution < 1.29 is 13.9 Å². The maximum Gasteiger partial charge on any atom is 0.209 e. The Labute approximate surface area is 149 Å². The van der Waals surface area contributed by atoms with Crippen LogP contribution < -0.4 is 4.74 Å². The summed E-state index contributed by atoms with van der Waals surface area (Å²) in [5, 5.41) is 0. The Hall–Kier alpha value is -1.89. The molecule has 0 bridgehead atoms. The quantitative estimate of drug-likeness (QED) is 0.685. The molecular weight excluding hydrogens is 318 g/mol. The highest BCUT2D eigenvalue weighted by Crippen LogP contribution is 2.23. The zero-order chi connectivity index (χ0) is 17.5. The fourth-order valence-electron chi connectivity index (χ4n) is 2.97. The predicted molar refractivity (Wildman–Crippen MR) is 96.7 cm³/mol. The van der Waals surface area contributed by atoms with E-state index in [2.05, 4.69) is 14.8 Å². The maximum atomic E-state index is 5.93. The topological polar surface area (TPSA) is 51.0 Å². The van der Waals surface area contributed by atoms with Crippen molar-refractivity contribution in [2.24, 2.45) is 0 Å². The average Bonchev–Trinajstić information content (AvgIpc) is 3.12. The SMILES string of the molecule is CCOCCN1CCN(Cc2ncc(-c3ccc(OC)cc3)o2)CC1. The summed E-state index contributed by atoms with van der Waals surface area (Å²) in [6.45, 7) is 9.63. The minimum Gasteiger partial charge on any atom is -0.497 e. The van der Waals surface area contributed by atoms with E-state index < -0.39 is 0 Å². The van der Waals surface area contributed by atoms with Crippen LogP contribution in [0.4, 0.5) is 0 Å². The van der Waals surface area contributed by atoms with Crippen LogP contribution in [0.1, 0.15) is 12.8 Å². The van der Waals surface area contributed by atoms with Crippen LogP contribution in [0.2, 0.25) is 0 Å². The Morgan fingerprint density at radius 2 is 1.80 bits per heavy atom. The second kappa shape index (κ2) is 8.99. The summed E-state index contributed by atoms with van der Waals surface area (Å²) in [5.74, 6) is 2.41. The number of nitrogens with zero attached hydrogens (tertiary/aromatic N) is 3. The van der Waals surface area contributed by atoms with Crippen LogP contribution in [0, 0.1) is 0 Å². The molecule has 0 N–H and O–H groups in total. The van der Waals surface area contributed by atoms with Crippen molar-refractivity contribution in [1.29, 1.82) is 0 Å². The Bertz CT molecular complexity index is 634. The lowest BCUT2D eigenvalue weighted by Crippen LogP contribution is -2.46. The Balaban J connectivity index is 1.49. The Kier molecular flexibility index (Phi) is 6.44. The minimum absolute atomic E-state index is 0.759. The highest BCUT2D eigenvalue weighted by atomic mass is 16.5. The van der Waals surface area contributed by atoms with E-state index in [1.807, 2.05) is 31.2 Å². The molecule has 1 aromatic carbocycles. The monoisotopic (exact) mass is 345 g/mol. The largest absolute Gasteiger partial charge is 0.497 e. The first-order chi connectivity index (χ1) is 12.3. The van der Waals surface area contributed by atoms with Crippen LogP contribution in [-0.2, 0) is 11.3 Å². The minimum atomic E-state index is 0.759. The van der Waals surface area contributed by atoms with Gasteiger partial charge in [-0.25, -0.2) is 4.98 Å². The van der Waals surface area contributed by atoms with E-state index in [0.29, 0.717) is 0 Å². The van der Waals surface area contributed by atoms with Crippen molar-refractivity contribution in [1.82, 2.24) is 14.8 Å². The van der Waals surface area contributed by atoms with Gasteiger partial charge in [-0.3, -0.25) is 9.80 Å². The van der Waals surface area contributed by atoms with Crippen LogP contribution in [0.3, 0.4) is 0 Å². The zero-order valence-electron chi connectivity index (χ0n) is 15.1. The van der Waals surface area contributed by atoms with E-state index in [9.17, 15) is 0 Å². The fourth-order valence-corrected chi connectivity index (χ4v) is 2.97. The molecule has 2 aromatic rings. The summed E-state index contributed by atoms with van der Waals surface area (Å²) in [6, 6.07) is 7.83. The summed E-state index contributed by atoms with van der Waals surface area (Å²) in [6.07, 6.45) is 1.80. The van der Waals surface area contributed by atoms with Gasteiger partial charge in [-0.05, 0) is 31.2 Å². The van der Waals surface area contributed by atoms with E-state index >= 15 is 0 Å². The first-order valence-corrected chi connectivity index (χ1v) is 8.90. The van der Waals surface area contributed by atoms with E-state index in [1.54, 1.807) is 13.3 Å². The molecule has 0 spiro atoms. The third kappa shape index (κ3) is 5.04. The van der Waals surface area contributed by atoms with Gasteiger partial charge in [0.25, 0.3) is 0 Å². The third-order valence-corrected chi connectivity index (χ3v) is 4.51. The smallest absolute Gasteiger partial charge is 0.209 e. The molecule has 1 saturated heterocycles. The van der Waals surface area contributed by atoms with Crippen molar-refractivity contribution in [3.05, 3.63) is 36.4 Å². The number of methoxy groups -OCH3 is 1. The summed E-state index contributed by atoms with van der Waals surface area (Å²) < 4.78 is 16.5. The number of hydrogen-bond donors (Lipinski definition) is 0. The van der Waals surface area contributed by atoms with E-state index in [1.165, 1.54) is 0 Å². The number of rotatable bonds is 8. The van der Waals surface area contributed by atoms with E-state index in [-0.39, 0.29) is 0 Å². The van der Waals surface area contributed by atoms with Gasteiger partial charge in [-0.2, -0.15) is 0 Å². The Morgan fingerprint density at radius 3 is 2.48 bits per heavy atom. The third-order valence-electron chi connectivity index (χ3n) is 4.51. The predicted octanol–water partition coefficient (Wildman–Crippen LogP) is 2.50. The lowest BCUT2D eigenvalue weighted by atomic mass is 10.2. The Morgan fingerprint density at radius 1 is 1.08 bits per heavy atom. The summed E-state index contributed by atoms with van der Waals surface area (Å²) in [7, 11) is 1.66. The molecule has 1 aromatic heterocycles. The molecular formula is C19H27N3O3. The molecule has 0 saturated carbocycles. The molecule has 3 rings (SSSR count). The van der Waals surface area contributed by atoms with E-state index in [0.717, 1.165) is 75.4 Å². The average molecular weight is 345 g/mol. The van der Waals surface area contributed by atoms with Crippen molar-refractivity contribution in [2.45, 2.75) is 13.5 Å². The van der Waals surface area contributed by atoms with Gasteiger partial charge >= 0.3 is 0 Å². The normalized spacial score (nSPS) is 16.2. The fraction of sp³-hybridized carbons (Fsp3) is 0.526. The number of piperazine rings is 1. The van der Waals surface area contributed by atoms with Crippen LogP contribution in [0.15, 0.2) is 34.9 Å². The van der Waals surface area contributed by atoms with Crippen molar-refractivity contribution >= 4 is 0 Å². The van der Waals surface area contributed by atoms with Crippen LogP contribution >= 0.6 is 0 Å². The van der Waals surface area contributed by atoms with Gasteiger partial charge in [0, 0.05) is 44.9 Å². The molecule has 6 heteroatoms. The van der Waals surface area contributed by atoms with E-state index in [4.69, 9.17) is 13.9 Å². The molecule has 25 heavy (non-hydrogen) atoms. The lowest BCUT2D eigenvalue weighted by Gasteiger charge is -2.33. The number of ether oxygens (including phenoxy) is 2. The number of oxazole rings is 1. The van der Waals surface area contributed by atoms with Crippen molar-refractivity contribution in [2.75, 3.05) is 53.0 Å². The summed E-state index contributed by atoms with van der Waals surface area (Å²) in [5.41, 5.74) is 1.01.